The lowest BCUT2D eigenvalue weighted by Gasteiger charge is -2.14. The van der Waals surface area contributed by atoms with E-state index in [1.165, 1.54) is 0 Å². The van der Waals surface area contributed by atoms with Crippen LogP contribution in [0.5, 0.6) is 11.5 Å². The summed E-state index contributed by atoms with van der Waals surface area (Å²) in [4.78, 5) is 4.28. The monoisotopic (exact) mass is 254 g/mol. The fraction of sp³-hybridized carbons (Fsp3) is 0.615. The molecule has 1 rings (SSSR count). The summed E-state index contributed by atoms with van der Waals surface area (Å²) in [6.07, 6.45) is 2.51. The van der Waals surface area contributed by atoms with Crippen molar-refractivity contribution in [3.05, 3.63) is 18.0 Å². The lowest BCUT2D eigenvalue weighted by molar-refractivity contribution is 0.260. The zero-order valence-corrected chi connectivity index (χ0v) is 11.3. The van der Waals surface area contributed by atoms with Gasteiger partial charge in [-0.3, -0.25) is 4.98 Å². The number of aromatic nitrogens is 1. The Morgan fingerprint density at radius 2 is 2.17 bits per heavy atom. The number of hydrogen-bond donors (Lipinski definition) is 2. The molecule has 1 atom stereocenters. The van der Waals surface area contributed by atoms with Gasteiger partial charge in [-0.25, -0.2) is 0 Å². The highest BCUT2D eigenvalue weighted by Gasteiger charge is 2.10. The quantitative estimate of drug-likeness (QED) is 0.730. The van der Waals surface area contributed by atoms with Crippen molar-refractivity contribution in [2.75, 3.05) is 27.4 Å². The second-order valence-corrected chi connectivity index (χ2v) is 4.24. The van der Waals surface area contributed by atoms with Crippen LogP contribution in [0, 0.1) is 5.92 Å². The van der Waals surface area contributed by atoms with E-state index in [9.17, 15) is 0 Å². The van der Waals surface area contributed by atoms with Crippen molar-refractivity contribution in [1.82, 2.24) is 10.3 Å². The van der Waals surface area contributed by atoms with Gasteiger partial charge in [-0.05, 0) is 18.9 Å². The first-order chi connectivity index (χ1) is 8.72. The van der Waals surface area contributed by atoms with E-state index in [-0.39, 0.29) is 6.61 Å². The average molecular weight is 254 g/mol. The first-order valence-electron chi connectivity index (χ1n) is 6.10. The van der Waals surface area contributed by atoms with Crippen molar-refractivity contribution in [2.24, 2.45) is 5.92 Å². The van der Waals surface area contributed by atoms with Crippen LogP contribution in [-0.4, -0.2) is 37.5 Å². The molecule has 0 fully saturated rings. The van der Waals surface area contributed by atoms with Crippen molar-refractivity contribution >= 4 is 0 Å². The van der Waals surface area contributed by atoms with Crippen LogP contribution in [0.1, 0.15) is 19.0 Å². The van der Waals surface area contributed by atoms with Crippen molar-refractivity contribution in [1.29, 1.82) is 0 Å². The molecule has 1 heterocycles. The van der Waals surface area contributed by atoms with Crippen molar-refractivity contribution in [3.8, 4) is 11.5 Å². The van der Waals surface area contributed by atoms with E-state index < -0.39 is 0 Å². The maximum Gasteiger partial charge on any atom is 0.183 e. The smallest absolute Gasteiger partial charge is 0.183 e. The molecule has 2 N–H and O–H groups in total. The second kappa shape index (κ2) is 7.89. The largest absolute Gasteiger partial charge is 0.493 e. The number of hydrogen-bond acceptors (Lipinski definition) is 5. The summed E-state index contributed by atoms with van der Waals surface area (Å²) in [5.74, 6) is 1.79. The van der Waals surface area contributed by atoms with Gasteiger partial charge in [0.1, 0.15) is 0 Å². The Morgan fingerprint density at radius 1 is 1.39 bits per heavy atom. The fourth-order valence-corrected chi connectivity index (χ4v) is 1.74. The standard InChI is InChI=1S/C13H22N2O3/c1-10(5-7-16)8-14-9-11-13(18-3)12(17-2)4-6-15-11/h4,6,10,14,16H,5,7-9H2,1-3H3. The van der Waals surface area contributed by atoms with Gasteiger partial charge in [0.2, 0.25) is 0 Å². The minimum Gasteiger partial charge on any atom is -0.493 e. The molecule has 5 nitrogen and oxygen atoms in total. The molecule has 0 saturated carbocycles. The molecule has 1 aromatic rings. The van der Waals surface area contributed by atoms with E-state index >= 15 is 0 Å². The van der Waals surface area contributed by atoms with Gasteiger partial charge in [-0.15, -0.1) is 0 Å². The molecule has 102 valence electrons. The summed E-state index contributed by atoms with van der Waals surface area (Å²) < 4.78 is 10.5. The molecule has 18 heavy (non-hydrogen) atoms. The number of pyridine rings is 1. The Bertz CT molecular complexity index is 358. The third-order valence-electron chi connectivity index (χ3n) is 2.77. The third-order valence-corrected chi connectivity index (χ3v) is 2.77. The minimum absolute atomic E-state index is 0.226. The molecule has 5 heteroatoms. The summed E-state index contributed by atoms with van der Waals surface area (Å²) in [7, 11) is 3.22. The molecule has 1 aromatic heterocycles. The Kier molecular flexibility index (Phi) is 6.46. The first kappa shape index (κ1) is 14.7. The van der Waals surface area contributed by atoms with Crippen LogP contribution in [0.3, 0.4) is 0 Å². The lowest BCUT2D eigenvalue weighted by Crippen LogP contribution is -2.22. The molecular formula is C13H22N2O3. The summed E-state index contributed by atoms with van der Waals surface area (Å²) >= 11 is 0. The molecule has 1 unspecified atom stereocenters. The molecule has 0 aliphatic carbocycles. The van der Waals surface area contributed by atoms with Gasteiger partial charge in [0.15, 0.2) is 11.5 Å². The molecule has 0 spiro atoms. The minimum atomic E-state index is 0.226. The average Bonchev–Trinajstić information content (AvgIpc) is 2.38. The van der Waals surface area contributed by atoms with E-state index in [2.05, 4.69) is 17.2 Å². The molecule has 0 bridgehead atoms. The zero-order valence-electron chi connectivity index (χ0n) is 11.3. The van der Waals surface area contributed by atoms with E-state index in [1.807, 2.05) is 0 Å². The number of aliphatic hydroxyl groups excluding tert-OH is 1. The van der Waals surface area contributed by atoms with Gasteiger partial charge in [-0.1, -0.05) is 6.92 Å². The molecule has 0 aliphatic heterocycles. The molecule has 0 amide bonds. The molecule has 0 saturated heterocycles. The topological polar surface area (TPSA) is 63.6 Å². The molecule has 0 radical (unpaired) electrons. The fourth-order valence-electron chi connectivity index (χ4n) is 1.74. The maximum absolute atomic E-state index is 8.83. The van der Waals surface area contributed by atoms with Crippen molar-refractivity contribution < 1.29 is 14.6 Å². The summed E-state index contributed by atoms with van der Waals surface area (Å²) in [6, 6.07) is 1.77. The highest BCUT2D eigenvalue weighted by atomic mass is 16.5. The second-order valence-electron chi connectivity index (χ2n) is 4.24. The summed E-state index contributed by atoms with van der Waals surface area (Å²) in [5.41, 5.74) is 0.827. The number of nitrogens with zero attached hydrogens (tertiary/aromatic N) is 1. The normalized spacial score (nSPS) is 12.2. The predicted octanol–water partition coefficient (Wildman–Crippen LogP) is 1.21. The first-order valence-corrected chi connectivity index (χ1v) is 6.10. The van der Waals surface area contributed by atoms with Crippen molar-refractivity contribution in [3.63, 3.8) is 0 Å². The van der Waals surface area contributed by atoms with Gasteiger partial charge >= 0.3 is 0 Å². The van der Waals surface area contributed by atoms with E-state index in [1.54, 1.807) is 26.5 Å². The van der Waals surface area contributed by atoms with Crippen LogP contribution in [-0.2, 0) is 6.54 Å². The van der Waals surface area contributed by atoms with Crippen LogP contribution < -0.4 is 14.8 Å². The van der Waals surface area contributed by atoms with E-state index in [0.29, 0.717) is 24.0 Å². The number of methoxy groups -OCH3 is 2. The SMILES string of the molecule is COc1ccnc(CNCC(C)CCO)c1OC. The van der Waals surface area contributed by atoms with Crippen LogP contribution >= 0.6 is 0 Å². The Labute approximate surface area is 108 Å². The Balaban J connectivity index is 2.56. The highest BCUT2D eigenvalue weighted by molar-refractivity contribution is 5.42. The molecule has 0 aliphatic rings. The Hall–Kier alpha value is -1.33. The van der Waals surface area contributed by atoms with E-state index in [4.69, 9.17) is 14.6 Å². The lowest BCUT2D eigenvalue weighted by atomic mass is 10.1. The number of ether oxygens (including phenoxy) is 2. The van der Waals surface area contributed by atoms with Gasteiger partial charge in [0, 0.05) is 25.4 Å². The molecule has 0 aromatic carbocycles. The van der Waals surface area contributed by atoms with Crippen LogP contribution in [0.2, 0.25) is 0 Å². The number of nitrogens with one attached hydrogen (secondary N) is 1. The van der Waals surface area contributed by atoms with E-state index in [0.717, 1.165) is 18.7 Å². The Morgan fingerprint density at radius 3 is 2.78 bits per heavy atom. The van der Waals surface area contributed by atoms with Gasteiger partial charge in [-0.2, -0.15) is 0 Å². The van der Waals surface area contributed by atoms with Gasteiger partial charge in [0.25, 0.3) is 0 Å². The third kappa shape index (κ3) is 4.16. The van der Waals surface area contributed by atoms with Crippen molar-refractivity contribution in [2.45, 2.75) is 19.9 Å². The van der Waals surface area contributed by atoms with Gasteiger partial charge in [0.05, 0.1) is 19.9 Å². The molecular weight excluding hydrogens is 232 g/mol. The highest BCUT2D eigenvalue weighted by Crippen LogP contribution is 2.28. The zero-order chi connectivity index (χ0) is 13.4. The predicted molar refractivity (Wildman–Crippen MR) is 69.9 cm³/mol. The number of aliphatic hydroxyl groups is 1. The van der Waals surface area contributed by atoms with Crippen LogP contribution in [0.25, 0.3) is 0 Å². The van der Waals surface area contributed by atoms with Gasteiger partial charge < -0.3 is 19.9 Å². The van der Waals surface area contributed by atoms with Crippen LogP contribution in [0.15, 0.2) is 12.3 Å². The summed E-state index contributed by atoms with van der Waals surface area (Å²) in [5, 5.41) is 12.1. The van der Waals surface area contributed by atoms with Crippen LogP contribution in [0.4, 0.5) is 0 Å². The maximum atomic E-state index is 8.83. The summed E-state index contributed by atoms with van der Waals surface area (Å²) in [6.45, 7) is 3.78. The number of rotatable bonds is 8.